The normalized spacial score (nSPS) is 11.6. The third kappa shape index (κ3) is 3.62. The van der Waals surface area contributed by atoms with Crippen molar-refractivity contribution in [3.05, 3.63) is 65.5 Å². The van der Waals surface area contributed by atoms with E-state index in [1.165, 1.54) is 11.1 Å². The SMILES string of the molecule is CC(C)(N)Cc1ccc(-c2csc(-c3ccccc3)n2)cc1. The van der Waals surface area contributed by atoms with Crippen LogP contribution < -0.4 is 5.73 Å². The number of nitrogens with zero attached hydrogens (tertiary/aromatic N) is 1. The molecule has 3 heteroatoms. The first-order valence-corrected chi connectivity index (χ1v) is 8.28. The van der Waals surface area contributed by atoms with Crippen LogP contribution in [0.5, 0.6) is 0 Å². The van der Waals surface area contributed by atoms with E-state index in [4.69, 9.17) is 10.7 Å². The summed E-state index contributed by atoms with van der Waals surface area (Å²) in [7, 11) is 0. The standard InChI is InChI=1S/C19H20N2S/c1-19(2,20)12-14-8-10-15(11-9-14)17-13-22-18(21-17)16-6-4-3-5-7-16/h3-11,13H,12,20H2,1-2H3. The molecule has 2 N–H and O–H groups in total. The minimum atomic E-state index is -0.178. The maximum Gasteiger partial charge on any atom is 0.124 e. The Bertz CT molecular complexity index is 737. The summed E-state index contributed by atoms with van der Waals surface area (Å²) in [5.41, 5.74) is 10.5. The second-order valence-corrected chi connectivity index (χ2v) is 7.12. The lowest BCUT2D eigenvalue weighted by Gasteiger charge is -2.18. The Hall–Kier alpha value is -1.97. The Morgan fingerprint density at radius 1 is 0.955 bits per heavy atom. The highest BCUT2D eigenvalue weighted by Crippen LogP contribution is 2.29. The van der Waals surface area contributed by atoms with Gasteiger partial charge in [-0.25, -0.2) is 4.98 Å². The molecule has 0 aliphatic heterocycles. The van der Waals surface area contributed by atoms with Crippen LogP contribution in [0.3, 0.4) is 0 Å². The summed E-state index contributed by atoms with van der Waals surface area (Å²) in [6.07, 6.45) is 0.875. The van der Waals surface area contributed by atoms with E-state index in [-0.39, 0.29) is 5.54 Å². The number of rotatable bonds is 4. The molecule has 0 fully saturated rings. The van der Waals surface area contributed by atoms with Crippen molar-refractivity contribution in [2.24, 2.45) is 5.73 Å². The lowest BCUT2D eigenvalue weighted by molar-refractivity contribution is 0.517. The van der Waals surface area contributed by atoms with Gasteiger partial charge in [-0.05, 0) is 25.8 Å². The van der Waals surface area contributed by atoms with Crippen molar-refractivity contribution in [1.82, 2.24) is 4.98 Å². The van der Waals surface area contributed by atoms with Crippen LogP contribution in [0.2, 0.25) is 0 Å². The molecule has 2 nitrogen and oxygen atoms in total. The minimum absolute atomic E-state index is 0.178. The maximum atomic E-state index is 6.07. The topological polar surface area (TPSA) is 38.9 Å². The molecule has 3 aromatic rings. The van der Waals surface area contributed by atoms with Crippen LogP contribution in [0.25, 0.3) is 21.8 Å². The molecule has 112 valence electrons. The average molecular weight is 308 g/mol. The van der Waals surface area contributed by atoms with E-state index < -0.39 is 0 Å². The van der Waals surface area contributed by atoms with Gasteiger partial charge in [-0.15, -0.1) is 11.3 Å². The van der Waals surface area contributed by atoms with E-state index in [0.29, 0.717) is 0 Å². The summed E-state index contributed by atoms with van der Waals surface area (Å²) in [5, 5.41) is 3.17. The zero-order valence-corrected chi connectivity index (χ0v) is 13.7. The minimum Gasteiger partial charge on any atom is -0.325 e. The van der Waals surface area contributed by atoms with E-state index >= 15 is 0 Å². The summed E-state index contributed by atoms with van der Waals surface area (Å²) in [5.74, 6) is 0. The highest BCUT2D eigenvalue weighted by molar-refractivity contribution is 7.13. The van der Waals surface area contributed by atoms with E-state index in [2.05, 4.69) is 41.8 Å². The van der Waals surface area contributed by atoms with Gasteiger partial charge < -0.3 is 5.73 Å². The molecule has 1 heterocycles. The van der Waals surface area contributed by atoms with Gasteiger partial charge in [-0.1, -0.05) is 54.6 Å². The van der Waals surface area contributed by atoms with Crippen molar-refractivity contribution in [2.75, 3.05) is 0 Å². The van der Waals surface area contributed by atoms with Crippen molar-refractivity contribution in [3.63, 3.8) is 0 Å². The molecule has 0 amide bonds. The predicted octanol–water partition coefficient (Wildman–Crippen LogP) is 4.76. The number of aromatic nitrogens is 1. The molecular weight excluding hydrogens is 288 g/mol. The first-order chi connectivity index (χ1) is 10.5. The van der Waals surface area contributed by atoms with Crippen molar-refractivity contribution in [2.45, 2.75) is 25.8 Å². The van der Waals surface area contributed by atoms with Crippen molar-refractivity contribution in [3.8, 4) is 21.8 Å². The van der Waals surface area contributed by atoms with Crippen LogP contribution in [0.4, 0.5) is 0 Å². The largest absolute Gasteiger partial charge is 0.325 e. The first kappa shape index (κ1) is 14.9. The summed E-state index contributed by atoms with van der Waals surface area (Å²) < 4.78 is 0. The van der Waals surface area contributed by atoms with Gasteiger partial charge in [0.05, 0.1) is 5.69 Å². The molecule has 0 aliphatic carbocycles. The van der Waals surface area contributed by atoms with Gasteiger partial charge in [-0.3, -0.25) is 0 Å². The van der Waals surface area contributed by atoms with Gasteiger partial charge in [0.15, 0.2) is 0 Å². The van der Waals surface area contributed by atoms with Crippen LogP contribution in [-0.2, 0) is 6.42 Å². The quantitative estimate of drug-likeness (QED) is 0.755. The molecule has 22 heavy (non-hydrogen) atoms. The third-order valence-corrected chi connectivity index (χ3v) is 4.33. The molecule has 2 aromatic carbocycles. The van der Waals surface area contributed by atoms with E-state index in [0.717, 1.165) is 22.7 Å². The fourth-order valence-electron chi connectivity index (χ4n) is 2.44. The van der Waals surface area contributed by atoms with Gasteiger partial charge in [0.1, 0.15) is 5.01 Å². The maximum absolute atomic E-state index is 6.07. The molecule has 0 aliphatic rings. The number of benzene rings is 2. The Kier molecular flexibility index (Phi) is 4.10. The van der Waals surface area contributed by atoms with Crippen molar-refractivity contribution < 1.29 is 0 Å². The fraction of sp³-hybridized carbons (Fsp3) is 0.211. The molecular formula is C19H20N2S. The van der Waals surface area contributed by atoms with Crippen molar-refractivity contribution in [1.29, 1.82) is 0 Å². The molecule has 0 bridgehead atoms. The van der Waals surface area contributed by atoms with E-state index in [1.54, 1.807) is 11.3 Å². The Balaban J connectivity index is 1.82. The van der Waals surface area contributed by atoms with E-state index in [1.807, 2.05) is 32.0 Å². The number of hydrogen-bond acceptors (Lipinski definition) is 3. The monoisotopic (exact) mass is 308 g/mol. The first-order valence-electron chi connectivity index (χ1n) is 7.40. The summed E-state index contributed by atoms with van der Waals surface area (Å²) in [4.78, 5) is 4.75. The van der Waals surface area contributed by atoms with Crippen LogP contribution >= 0.6 is 11.3 Å². The molecule has 1 aromatic heterocycles. The van der Waals surface area contributed by atoms with Crippen LogP contribution in [-0.4, -0.2) is 10.5 Å². The second kappa shape index (κ2) is 6.03. The Labute approximate surface area is 135 Å². The van der Waals surface area contributed by atoms with Gasteiger partial charge in [0, 0.05) is 22.0 Å². The lowest BCUT2D eigenvalue weighted by atomic mass is 9.95. The molecule has 0 unspecified atom stereocenters. The van der Waals surface area contributed by atoms with Crippen LogP contribution in [0.1, 0.15) is 19.4 Å². The molecule has 0 saturated carbocycles. The average Bonchev–Trinajstić information content (AvgIpc) is 2.97. The highest BCUT2D eigenvalue weighted by atomic mass is 32.1. The molecule has 0 spiro atoms. The van der Waals surface area contributed by atoms with Gasteiger partial charge in [0.25, 0.3) is 0 Å². The Morgan fingerprint density at radius 2 is 1.64 bits per heavy atom. The van der Waals surface area contributed by atoms with Gasteiger partial charge in [0.2, 0.25) is 0 Å². The fourth-order valence-corrected chi connectivity index (χ4v) is 3.27. The molecule has 0 radical (unpaired) electrons. The van der Waals surface area contributed by atoms with Crippen LogP contribution in [0, 0.1) is 0 Å². The smallest absolute Gasteiger partial charge is 0.124 e. The van der Waals surface area contributed by atoms with Gasteiger partial charge in [-0.2, -0.15) is 0 Å². The summed E-state index contributed by atoms with van der Waals surface area (Å²) in [6, 6.07) is 18.8. The molecule has 0 atom stereocenters. The van der Waals surface area contributed by atoms with Gasteiger partial charge >= 0.3 is 0 Å². The number of hydrogen-bond donors (Lipinski definition) is 1. The molecule has 3 rings (SSSR count). The Morgan fingerprint density at radius 3 is 2.27 bits per heavy atom. The highest BCUT2D eigenvalue weighted by Gasteiger charge is 2.12. The third-order valence-electron chi connectivity index (χ3n) is 3.43. The van der Waals surface area contributed by atoms with Crippen molar-refractivity contribution >= 4 is 11.3 Å². The van der Waals surface area contributed by atoms with E-state index in [9.17, 15) is 0 Å². The zero-order chi connectivity index (χ0) is 15.6. The number of nitrogens with two attached hydrogens (primary N) is 1. The summed E-state index contributed by atoms with van der Waals surface area (Å²) >= 11 is 1.68. The predicted molar refractivity (Wildman–Crippen MR) is 95.0 cm³/mol. The molecule has 0 saturated heterocycles. The lowest BCUT2D eigenvalue weighted by Crippen LogP contribution is -2.34. The van der Waals surface area contributed by atoms with Crippen LogP contribution in [0.15, 0.2) is 60.0 Å². The summed E-state index contributed by atoms with van der Waals surface area (Å²) in [6.45, 7) is 4.10. The number of thiazole rings is 1. The zero-order valence-electron chi connectivity index (χ0n) is 12.9. The second-order valence-electron chi connectivity index (χ2n) is 6.27.